The molecular formula is C10H10N2O5S2. The molecule has 0 aromatic carbocycles. The van der Waals surface area contributed by atoms with Gasteiger partial charge in [0, 0.05) is 11.4 Å². The number of ether oxygens (including phenoxy) is 1. The van der Waals surface area contributed by atoms with Crippen molar-refractivity contribution in [2.45, 2.75) is 17.7 Å². The highest BCUT2D eigenvalue weighted by Crippen LogP contribution is 2.19. The van der Waals surface area contributed by atoms with Gasteiger partial charge in [-0.3, -0.25) is 0 Å². The molecule has 0 atom stereocenters. The first kappa shape index (κ1) is 13.7. The number of esters is 1. The maximum atomic E-state index is 11.7. The molecule has 0 bridgehead atoms. The van der Waals surface area contributed by atoms with Crippen molar-refractivity contribution in [2.24, 2.45) is 5.14 Å². The minimum absolute atomic E-state index is 0.0449. The lowest BCUT2D eigenvalue weighted by Gasteiger charge is -1.99. The van der Waals surface area contributed by atoms with Crippen LogP contribution in [0.2, 0.25) is 0 Å². The van der Waals surface area contributed by atoms with Gasteiger partial charge >= 0.3 is 5.97 Å². The van der Waals surface area contributed by atoms with E-state index >= 15 is 0 Å². The summed E-state index contributed by atoms with van der Waals surface area (Å²) >= 11 is 0.863. The van der Waals surface area contributed by atoms with Crippen LogP contribution in [0.5, 0.6) is 0 Å². The highest BCUT2D eigenvalue weighted by molar-refractivity contribution is 7.91. The lowest BCUT2D eigenvalue weighted by Crippen LogP contribution is -2.10. The van der Waals surface area contributed by atoms with Gasteiger partial charge in [0.15, 0.2) is 0 Å². The number of carbonyl (C=O) groups excluding carboxylic acids is 1. The Morgan fingerprint density at radius 1 is 1.53 bits per heavy atom. The van der Waals surface area contributed by atoms with Gasteiger partial charge in [0.05, 0.1) is 5.56 Å². The van der Waals surface area contributed by atoms with Crippen LogP contribution in [0.25, 0.3) is 0 Å². The first-order valence-corrected chi connectivity index (χ1v) is 7.49. The largest absolute Gasteiger partial charge is 0.455 e. The van der Waals surface area contributed by atoms with E-state index in [0.717, 1.165) is 11.3 Å². The summed E-state index contributed by atoms with van der Waals surface area (Å²) in [5.74, 6) is -0.0371. The Bertz CT molecular complexity index is 701. The second kappa shape index (κ2) is 5.11. The molecule has 9 heteroatoms. The van der Waals surface area contributed by atoms with Crippen molar-refractivity contribution in [3.8, 4) is 0 Å². The predicted molar refractivity (Wildman–Crippen MR) is 66.1 cm³/mol. The Balaban J connectivity index is 2.02. The number of hydrogen-bond donors (Lipinski definition) is 1. The number of aryl methyl sites for hydroxylation is 1. The smallest absolute Gasteiger partial charge is 0.339 e. The lowest BCUT2D eigenvalue weighted by molar-refractivity contribution is 0.0464. The Morgan fingerprint density at radius 3 is 2.79 bits per heavy atom. The summed E-state index contributed by atoms with van der Waals surface area (Å²) in [6, 6.07) is 2.81. The first-order valence-electron chi connectivity index (χ1n) is 5.07. The van der Waals surface area contributed by atoms with E-state index in [1.807, 2.05) is 0 Å². The van der Waals surface area contributed by atoms with Crippen LogP contribution in [0.4, 0.5) is 0 Å². The summed E-state index contributed by atoms with van der Waals surface area (Å²) < 4.78 is 31.8. The molecule has 0 unspecified atom stereocenters. The van der Waals surface area contributed by atoms with Crippen LogP contribution in [-0.4, -0.2) is 19.5 Å². The highest BCUT2D eigenvalue weighted by atomic mass is 32.2. The van der Waals surface area contributed by atoms with Gasteiger partial charge in [0.25, 0.3) is 0 Å². The van der Waals surface area contributed by atoms with E-state index in [-0.39, 0.29) is 16.4 Å². The van der Waals surface area contributed by atoms with Crippen molar-refractivity contribution < 1.29 is 22.5 Å². The van der Waals surface area contributed by atoms with E-state index in [1.54, 1.807) is 13.0 Å². The summed E-state index contributed by atoms with van der Waals surface area (Å²) in [7, 11) is -3.80. The van der Waals surface area contributed by atoms with Gasteiger partial charge < -0.3 is 9.26 Å². The molecule has 2 heterocycles. The molecule has 0 saturated carbocycles. The average Bonchev–Trinajstić information content (AvgIpc) is 2.93. The molecule has 0 spiro atoms. The summed E-state index contributed by atoms with van der Waals surface area (Å²) in [5, 5.41) is 9.98. The number of thiophene rings is 1. The van der Waals surface area contributed by atoms with Gasteiger partial charge in [-0.15, -0.1) is 11.3 Å². The van der Waals surface area contributed by atoms with Crippen molar-refractivity contribution in [3.05, 3.63) is 34.5 Å². The molecule has 2 aromatic heterocycles. The summed E-state index contributed by atoms with van der Waals surface area (Å²) in [5.41, 5.74) is 0.613. The number of hydrogen-bond acceptors (Lipinski definition) is 7. The Hall–Kier alpha value is -1.71. The average molecular weight is 302 g/mol. The van der Waals surface area contributed by atoms with Crippen LogP contribution in [0.1, 0.15) is 21.8 Å². The SMILES string of the molecule is Cc1cc(COC(=O)c2csc(S(N)(=O)=O)c2)no1. The number of rotatable bonds is 4. The van der Waals surface area contributed by atoms with Crippen molar-refractivity contribution >= 4 is 27.3 Å². The molecule has 2 N–H and O–H groups in total. The zero-order chi connectivity index (χ0) is 14.0. The summed E-state index contributed by atoms with van der Waals surface area (Å²) in [4.78, 5) is 11.7. The number of sulfonamides is 1. The van der Waals surface area contributed by atoms with Gasteiger partial charge in [-0.05, 0) is 13.0 Å². The molecule has 0 radical (unpaired) electrons. The Kier molecular flexibility index (Phi) is 3.69. The molecule has 0 fully saturated rings. The maximum Gasteiger partial charge on any atom is 0.339 e. The van der Waals surface area contributed by atoms with Gasteiger partial charge in [0.1, 0.15) is 22.3 Å². The zero-order valence-corrected chi connectivity index (χ0v) is 11.5. The van der Waals surface area contributed by atoms with Crippen LogP contribution in [0.3, 0.4) is 0 Å². The fraction of sp³-hybridized carbons (Fsp3) is 0.200. The minimum Gasteiger partial charge on any atom is -0.455 e. The van der Waals surface area contributed by atoms with Crippen molar-refractivity contribution in [3.63, 3.8) is 0 Å². The fourth-order valence-electron chi connectivity index (χ4n) is 1.28. The molecule has 0 amide bonds. The summed E-state index contributed by atoms with van der Waals surface area (Å²) in [6.45, 7) is 1.67. The molecule has 0 aliphatic carbocycles. The summed E-state index contributed by atoms with van der Waals surface area (Å²) in [6.07, 6.45) is 0. The highest BCUT2D eigenvalue weighted by Gasteiger charge is 2.16. The van der Waals surface area contributed by atoms with Crippen LogP contribution >= 0.6 is 11.3 Å². The van der Waals surface area contributed by atoms with Gasteiger partial charge in [-0.2, -0.15) is 0 Å². The number of nitrogens with two attached hydrogens (primary N) is 1. The minimum atomic E-state index is -3.80. The molecule has 0 saturated heterocycles. The number of nitrogens with zero attached hydrogens (tertiary/aromatic N) is 1. The van der Waals surface area contributed by atoms with E-state index in [1.165, 1.54) is 11.4 Å². The van der Waals surface area contributed by atoms with Crippen LogP contribution in [-0.2, 0) is 21.4 Å². The van der Waals surface area contributed by atoms with E-state index < -0.39 is 16.0 Å². The topological polar surface area (TPSA) is 112 Å². The van der Waals surface area contributed by atoms with Gasteiger partial charge in [-0.1, -0.05) is 5.16 Å². The maximum absolute atomic E-state index is 11.7. The number of aromatic nitrogens is 1. The van der Waals surface area contributed by atoms with Crippen LogP contribution in [0, 0.1) is 6.92 Å². The second-order valence-corrected chi connectivity index (χ2v) is 6.40. The third kappa shape index (κ3) is 3.40. The Labute approximate surface area is 113 Å². The van der Waals surface area contributed by atoms with E-state index in [9.17, 15) is 13.2 Å². The van der Waals surface area contributed by atoms with E-state index in [2.05, 4.69) is 5.16 Å². The molecule has 2 aromatic rings. The fourth-order valence-corrected chi connectivity index (χ4v) is 2.86. The quantitative estimate of drug-likeness (QED) is 0.845. The molecule has 0 aliphatic heterocycles. The standard InChI is InChI=1S/C10H10N2O5S2/c1-6-2-8(12-17-6)4-16-10(13)7-3-9(18-5-7)19(11,14)15/h2-3,5H,4H2,1H3,(H2,11,14,15). The second-order valence-electron chi connectivity index (χ2n) is 3.70. The number of carbonyl (C=O) groups is 1. The van der Waals surface area contributed by atoms with Crippen LogP contribution < -0.4 is 5.14 Å². The van der Waals surface area contributed by atoms with Gasteiger partial charge in [0.2, 0.25) is 10.0 Å². The molecule has 102 valence electrons. The zero-order valence-electron chi connectivity index (χ0n) is 9.82. The molecular weight excluding hydrogens is 292 g/mol. The third-order valence-electron chi connectivity index (χ3n) is 2.12. The lowest BCUT2D eigenvalue weighted by atomic mass is 10.3. The first-order chi connectivity index (χ1) is 8.86. The molecule has 7 nitrogen and oxygen atoms in total. The molecule has 0 aliphatic rings. The van der Waals surface area contributed by atoms with Crippen molar-refractivity contribution in [1.82, 2.24) is 5.16 Å². The van der Waals surface area contributed by atoms with Crippen molar-refractivity contribution in [2.75, 3.05) is 0 Å². The number of primary sulfonamides is 1. The van der Waals surface area contributed by atoms with E-state index in [4.69, 9.17) is 14.4 Å². The third-order valence-corrected chi connectivity index (χ3v) is 4.51. The molecule has 2 rings (SSSR count). The van der Waals surface area contributed by atoms with Gasteiger partial charge in [-0.25, -0.2) is 18.4 Å². The Morgan fingerprint density at radius 2 is 2.26 bits per heavy atom. The van der Waals surface area contributed by atoms with E-state index in [0.29, 0.717) is 11.5 Å². The van der Waals surface area contributed by atoms with Crippen LogP contribution in [0.15, 0.2) is 26.2 Å². The van der Waals surface area contributed by atoms with Crippen molar-refractivity contribution in [1.29, 1.82) is 0 Å². The predicted octanol–water partition coefficient (Wildman–Crippen LogP) is 1.05. The monoisotopic (exact) mass is 302 g/mol. The normalized spacial score (nSPS) is 11.5. The molecule has 19 heavy (non-hydrogen) atoms.